The zero-order chi connectivity index (χ0) is 10.1. The van der Waals surface area contributed by atoms with E-state index in [0.717, 1.165) is 6.21 Å². The van der Waals surface area contributed by atoms with Crippen LogP contribution in [0.25, 0.3) is 0 Å². The molecule has 5 N–H and O–H groups in total. The highest BCUT2D eigenvalue weighted by molar-refractivity contribution is 5.60. The maximum Gasteiger partial charge on any atom is 0.0668 e. The molecule has 0 aliphatic heterocycles. The van der Waals surface area contributed by atoms with Gasteiger partial charge < -0.3 is 26.4 Å². The average Bonchev–Trinajstić information content (AvgIpc) is 2.16. The molecule has 78 valence electrons. The predicted molar refractivity (Wildman–Crippen MR) is 52.0 cm³/mol. The van der Waals surface area contributed by atoms with Crippen molar-refractivity contribution in [2.75, 3.05) is 33.5 Å². The van der Waals surface area contributed by atoms with E-state index in [0.29, 0.717) is 26.4 Å². The van der Waals surface area contributed by atoms with Gasteiger partial charge in [0, 0.05) is 19.2 Å². The van der Waals surface area contributed by atoms with Gasteiger partial charge in [-0.25, -0.2) is 0 Å². The van der Waals surface area contributed by atoms with Crippen molar-refractivity contribution in [2.45, 2.75) is 6.04 Å². The fourth-order valence-electron chi connectivity index (χ4n) is 0.839. The number of hydrogen-bond acceptors (Lipinski definition) is 5. The molecule has 0 aliphatic rings. The largest absolute Gasteiger partial charge is 0.384 e. The van der Waals surface area contributed by atoms with E-state index in [1.807, 2.05) is 0 Å². The second kappa shape index (κ2) is 8.12. The van der Waals surface area contributed by atoms with Crippen LogP contribution in [0.1, 0.15) is 0 Å². The number of methoxy groups -OCH3 is 1. The Morgan fingerprint density at radius 3 is 2.54 bits per heavy atom. The zero-order valence-electron chi connectivity index (χ0n) is 8.03. The first-order valence-corrected chi connectivity index (χ1v) is 4.27. The average molecular weight is 189 g/mol. The van der Waals surface area contributed by atoms with Gasteiger partial charge in [-0.15, -0.1) is 0 Å². The van der Waals surface area contributed by atoms with E-state index in [9.17, 15) is 0 Å². The molecule has 0 bridgehead atoms. The molecule has 0 fully saturated rings. The number of ether oxygens (including phenoxy) is 2. The van der Waals surface area contributed by atoms with Crippen LogP contribution in [-0.2, 0) is 9.47 Å². The van der Waals surface area contributed by atoms with Gasteiger partial charge in [0.25, 0.3) is 0 Å². The first kappa shape index (κ1) is 12.5. The molecule has 0 heterocycles. The maximum absolute atomic E-state index is 6.84. The van der Waals surface area contributed by atoms with Crippen molar-refractivity contribution in [1.29, 1.82) is 5.41 Å². The van der Waals surface area contributed by atoms with Gasteiger partial charge in [-0.05, 0) is 6.54 Å². The minimum atomic E-state index is -0.319. The fraction of sp³-hybridized carbons (Fsp3) is 0.875. The summed E-state index contributed by atoms with van der Waals surface area (Å²) in [6, 6.07) is -0.319. The molecule has 2 atom stereocenters. The summed E-state index contributed by atoms with van der Waals surface area (Å²) in [5, 5.41) is 6.84. The quantitative estimate of drug-likeness (QED) is 0.436. The molecular formula is C8H19N3O2. The summed E-state index contributed by atoms with van der Waals surface area (Å²) in [6.07, 6.45) is 1.16. The molecule has 5 nitrogen and oxygen atoms in total. The number of nitrogens with one attached hydrogen (secondary N) is 1. The molecule has 0 radical (unpaired) electrons. The van der Waals surface area contributed by atoms with Gasteiger partial charge in [0.1, 0.15) is 0 Å². The third kappa shape index (κ3) is 6.65. The molecule has 2 unspecified atom stereocenters. The Morgan fingerprint density at radius 2 is 2.08 bits per heavy atom. The Bertz CT molecular complexity index is 133. The lowest BCUT2D eigenvalue weighted by Gasteiger charge is -2.14. The second-order valence-corrected chi connectivity index (χ2v) is 2.93. The van der Waals surface area contributed by atoms with Crippen molar-refractivity contribution in [3.05, 3.63) is 0 Å². The minimum absolute atomic E-state index is 0.211. The molecule has 0 rings (SSSR count). The molecule has 0 aromatic rings. The van der Waals surface area contributed by atoms with Crippen LogP contribution >= 0.6 is 0 Å². The van der Waals surface area contributed by atoms with E-state index >= 15 is 0 Å². The van der Waals surface area contributed by atoms with E-state index in [-0.39, 0.29) is 12.0 Å². The molecule has 0 aromatic carbocycles. The van der Waals surface area contributed by atoms with E-state index in [2.05, 4.69) is 0 Å². The zero-order valence-corrected chi connectivity index (χ0v) is 8.03. The van der Waals surface area contributed by atoms with E-state index in [4.69, 9.17) is 26.4 Å². The highest BCUT2D eigenvalue weighted by Crippen LogP contribution is 1.95. The van der Waals surface area contributed by atoms with Crippen LogP contribution in [0.15, 0.2) is 0 Å². The predicted octanol–water partition coefficient (Wildman–Crippen LogP) is -0.799. The van der Waals surface area contributed by atoms with Crippen molar-refractivity contribution < 1.29 is 9.47 Å². The van der Waals surface area contributed by atoms with Gasteiger partial charge in [-0.2, -0.15) is 0 Å². The summed E-state index contributed by atoms with van der Waals surface area (Å²) in [4.78, 5) is 0. The molecule has 13 heavy (non-hydrogen) atoms. The first-order valence-electron chi connectivity index (χ1n) is 4.27. The van der Waals surface area contributed by atoms with Crippen LogP contribution in [0.3, 0.4) is 0 Å². The van der Waals surface area contributed by atoms with Gasteiger partial charge in [0.2, 0.25) is 0 Å². The second-order valence-electron chi connectivity index (χ2n) is 2.93. The highest BCUT2D eigenvalue weighted by atomic mass is 16.5. The van der Waals surface area contributed by atoms with Crippen molar-refractivity contribution >= 4 is 6.21 Å². The summed E-state index contributed by atoms with van der Waals surface area (Å²) in [5.41, 5.74) is 10.9. The van der Waals surface area contributed by atoms with Gasteiger partial charge in [0.05, 0.1) is 25.9 Å². The summed E-state index contributed by atoms with van der Waals surface area (Å²) in [5.74, 6) is 0.211. The van der Waals surface area contributed by atoms with Crippen molar-refractivity contribution in [3.8, 4) is 0 Å². The normalized spacial score (nSPS) is 15.3. The summed E-state index contributed by atoms with van der Waals surface area (Å²) in [6.45, 7) is 2.03. The SMILES string of the molecule is COCC(CN)COCC(N)C=N. The van der Waals surface area contributed by atoms with Crippen LogP contribution < -0.4 is 11.5 Å². The number of hydrogen-bond donors (Lipinski definition) is 3. The molecule has 0 saturated carbocycles. The molecule has 0 saturated heterocycles. The van der Waals surface area contributed by atoms with Gasteiger partial charge in [0.15, 0.2) is 0 Å². The van der Waals surface area contributed by atoms with E-state index < -0.39 is 0 Å². The molecule has 0 aliphatic carbocycles. The Balaban J connectivity index is 3.42. The fourth-order valence-corrected chi connectivity index (χ4v) is 0.839. The first-order chi connectivity index (χ1) is 6.24. The summed E-state index contributed by atoms with van der Waals surface area (Å²) in [7, 11) is 1.63. The lowest BCUT2D eigenvalue weighted by Crippen LogP contribution is -2.31. The summed E-state index contributed by atoms with van der Waals surface area (Å²) < 4.78 is 10.2. The Hall–Kier alpha value is -0.490. The lowest BCUT2D eigenvalue weighted by molar-refractivity contribution is 0.0606. The third-order valence-electron chi connectivity index (χ3n) is 1.61. The van der Waals surface area contributed by atoms with Gasteiger partial charge in [-0.3, -0.25) is 0 Å². The molecule has 0 spiro atoms. The number of nitrogens with two attached hydrogens (primary N) is 2. The third-order valence-corrected chi connectivity index (χ3v) is 1.61. The van der Waals surface area contributed by atoms with E-state index in [1.165, 1.54) is 0 Å². The van der Waals surface area contributed by atoms with Crippen LogP contribution in [0.4, 0.5) is 0 Å². The Morgan fingerprint density at radius 1 is 1.38 bits per heavy atom. The molecular weight excluding hydrogens is 170 g/mol. The van der Waals surface area contributed by atoms with E-state index in [1.54, 1.807) is 7.11 Å². The molecule has 5 heteroatoms. The standard InChI is InChI=1S/C8H19N3O2/c1-12-4-7(2-9)5-13-6-8(11)3-10/h3,7-8,10H,2,4-6,9,11H2,1H3. The van der Waals surface area contributed by atoms with Crippen LogP contribution in [-0.4, -0.2) is 45.7 Å². The summed E-state index contributed by atoms with van der Waals surface area (Å²) >= 11 is 0. The monoisotopic (exact) mass is 189 g/mol. The van der Waals surface area contributed by atoms with Gasteiger partial charge >= 0.3 is 0 Å². The minimum Gasteiger partial charge on any atom is -0.384 e. The van der Waals surface area contributed by atoms with Crippen LogP contribution in [0.2, 0.25) is 0 Å². The molecule has 0 amide bonds. The smallest absolute Gasteiger partial charge is 0.0668 e. The van der Waals surface area contributed by atoms with Crippen LogP contribution in [0.5, 0.6) is 0 Å². The van der Waals surface area contributed by atoms with Gasteiger partial charge in [-0.1, -0.05) is 0 Å². The highest BCUT2D eigenvalue weighted by Gasteiger charge is 2.06. The van der Waals surface area contributed by atoms with Crippen LogP contribution in [0, 0.1) is 11.3 Å². The van der Waals surface area contributed by atoms with Crippen molar-refractivity contribution in [2.24, 2.45) is 17.4 Å². The topological polar surface area (TPSA) is 94.3 Å². The van der Waals surface area contributed by atoms with Crippen molar-refractivity contribution in [1.82, 2.24) is 0 Å². The maximum atomic E-state index is 6.84. The molecule has 0 aromatic heterocycles. The Kier molecular flexibility index (Phi) is 7.82. The number of rotatable bonds is 8. The lowest BCUT2D eigenvalue weighted by atomic mass is 10.2. The van der Waals surface area contributed by atoms with Crippen molar-refractivity contribution in [3.63, 3.8) is 0 Å². The Labute approximate surface area is 78.9 Å².